The van der Waals surface area contributed by atoms with E-state index in [-0.39, 0.29) is 6.61 Å². The van der Waals surface area contributed by atoms with Gasteiger partial charge in [-0.15, -0.1) is 0 Å². The molecular weight excluding hydrogens is 314 g/mol. The van der Waals surface area contributed by atoms with Crippen LogP contribution in [-0.2, 0) is 14.4 Å². The van der Waals surface area contributed by atoms with Crippen molar-refractivity contribution >= 4 is 17.7 Å². The number of ether oxygens (including phenoxy) is 2. The third kappa shape index (κ3) is 5.15. The van der Waals surface area contributed by atoms with Crippen LogP contribution in [0.15, 0.2) is 24.3 Å². The monoisotopic (exact) mass is 335 g/mol. The Morgan fingerprint density at radius 3 is 2.50 bits per heavy atom. The fourth-order valence-electron chi connectivity index (χ4n) is 2.30. The van der Waals surface area contributed by atoms with Gasteiger partial charge in [0.1, 0.15) is 11.5 Å². The smallest absolute Gasteiger partial charge is 0.327 e. The molecule has 0 spiro atoms. The second-order valence-electron chi connectivity index (χ2n) is 5.32. The predicted octanol–water partition coefficient (Wildman–Crippen LogP) is 0.234. The predicted molar refractivity (Wildman–Crippen MR) is 85.2 cm³/mol. The summed E-state index contributed by atoms with van der Waals surface area (Å²) in [4.78, 5) is 36.8. The van der Waals surface area contributed by atoms with Gasteiger partial charge < -0.3 is 14.4 Å². The van der Waals surface area contributed by atoms with Gasteiger partial charge in [0.05, 0.1) is 7.11 Å². The minimum atomic E-state index is -0.855. The van der Waals surface area contributed by atoms with E-state index in [9.17, 15) is 14.4 Å². The van der Waals surface area contributed by atoms with Gasteiger partial charge in [0, 0.05) is 19.2 Å². The number of hydrazine groups is 1. The van der Waals surface area contributed by atoms with Gasteiger partial charge >= 0.3 is 11.8 Å². The number of amides is 3. The van der Waals surface area contributed by atoms with Crippen molar-refractivity contribution in [3.05, 3.63) is 24.3 Å². The molecule has 0 atom stereocenters. The summed E-state index contributed by atoms with van der Waals surface area (Å²) in [5.74, 6) is -0.999. The third-order valence-electron chi connectivity index (χ3n) is 3.56. The van der Waals surface area contributed by atoms with Crippen LogP contribution in [0, 0.1) is 0 Å². The fourth-order valence-corrected chi connectivity index (χ4v) is 2.30. The summed E-state index contributed by atoms with van der Waals surface area (Å²) < 4.78 is 10.3. The summed E-state index contributed by atoms with van der Waals surface area (Å²) >= 11 is 0. The zero-order valence-electron chi connectivity index (χ0n) is 13.5. The summed E-state index contributed by atoms with van der Waals surface area (Å²) in [6.07, 6.45) is 2.84. The highest BCUT2D eigenvalue weighted by Gasteiger charge is 2.23. The van der Waals surface area contributed by atoms with Crippen LogP contribution in [0.3, 0.4) is 0 Å². The van der Waals surface area contributed by atoms with Crippen LogP contribution in [0.25, 0.3) is 0 Å². The summed E-state index contributed by atoms with van der Waals surface area (Å²) in [5, 5.41) is 0. The molecule has 1 aliphatic rings. The van der Waals surface area contributed by atoms with E-state index in [1.807, 2.05) is 0 Å². The lowest BCUT2D eigenvalue weighted by molar-refractivity contribution is -0.147. The van der Waals surface area contributed by atoms with Crippen LogP contribution in [0.4, 0.5) is 0 Å². The second kappa shape index (κ2) is 8.76. The van der Waals surface area contributed by atoms with E-state index in [0.717, 1.165) is 19.3 Å². The van der Waals surface area contributed by atoms with E-state index in [1.54, 1.807) is 24.3 Å². The number of nitrogens with one attached hydrogen (secondary N) is 2. The molecule has 8 nitrogen and oxygen atoms in total. The van der Waals surface area contributed by atoms with E-state index in [0.29, 0.717) is 24.6 Å². The zero-order chi connectivity index (χ0) is 17.4. The van der Waals surface area contributed by atoms with Crippen molar-refractivity contribution < 1.29 is 23.9 Å². The van der Waals surface area contributed by atoms with Crippen LogP contribution in [-0.4, -0.2) is 49.4 Å². The molecule has 1 saturated heterocycles. The first-order valence-electron chi connectivity index (χ1n) is 7.75. The van der Waals surface area contributed by atoms with Gasteiger partial charge in [0.25, 0.3) is 5.91 Å². The Bertz CT molecular complexity index is 599. The highest BCUT2D eigenvalue weighted by molar-refractivity contribution is 6.35. The minimum Gasteiger partial charge on any atom is -0.497 e. The number of carbonyl (C=O) groups excluding carboxylic acids is 3. The van der Waals surface area contributed by atoms with Gasteiger partial charge in [-0.2, -0.15) is 0 Å². The van der Waals surface area contributed by atoms with Gasteiger partial charge in [0.15, 0.2) is 6.61 Å². The molecule has 0 aromatic heterocycles. The molecule has 24 heavy (non-hydrogen) atoms. The maximum Gasteiger partial charge on any atom is 0.327 e. The van der Waals surface area contributed by atoms with Crippen molar-refractivity contribution in [3.63, 3.8) is 0 Å². The molecule has 3 amide bonds. The molecule has 0 saturated carbocycles. The Morgan fingerprint density at radius 2 is 1.79 bits per heavy atom. The van der Waals surface area contributed by atoms with Crippen molar-refractivity contribution in [1.82, 2.24) is 15.8 Å². The highest BCUT2D eigenvalue weighted by Crippen LogP contribution is 2.18. The number of benzene rings is 1. The number of hydrogen-bond acceptors (Lipinski definition) is 5. The van der Waals surface area contributed by atoms with E-state index < -0.39 is 17.7 Å². The lowest BCUT2D eigenvalue weighted by Crippen LogP contribution is -2.51. The second-order valence-corrected chi connectivity index (χ2v) is 5.32. The number of rotatable bonds is 4. The molecule has 1 aromatic carbocycles. The average Bonchev–Trinajstić information content (AvgIpc) is 2.64. The number of methoxy groups -OCH3 is 1. The molecule has 8 heteroatoms. The first kappa shape index (κ1) is 17.6. The SMILES string of the molecule is COc1cccc(OCC(=O)NNC(=O)C(=O)N2CCCCC2)c1. The molecular formula is C16H21N3O5. The summed E-state index contributed by atoms with van der Waals surface area (Å²) in [7, 11) is 1.53. The molecule has 0 radical (unpaired) electrons. The van der Waals surface area contributed by atoms with Crippen LogP contribution in [0.1, 0.15) is 19.3 Å². The summed E-state index contributed by atoms with van der Waals surface area (Å²) in [6.45, 7) is 0.837. The normalized spacial score (nSPS) is 13.8. The lowest BCUT2D eigenvalue weighted by atomic mass is 10.1. The Kier molecular flexibility index (Phi) is 6.41. The van der Waals surface area contributed by atoms with Crippen molar-refractivity contribution in [2.45, 2.75) is 19.3 Å². The molecule has 130 valence electrons. The molecule has 0 bridgehead atoms. The van der Waals surface area contributed by atoms with Crippen LogP contribution in [0.2, 0.25) is 0 Å². The van der Waals surface area contributed by atoms with Gasteiger partial charge in [-0.3, -0.25) is 25.2 Å². The number of likely N-dealkylation sites (tertiary alicyclic amines) is 1. The van der Waals surface area contributed by atoms with Gasteiger partial charge in [-0.05, 0) is 31.4 Å². The molecule has 2 N–H and O–H groups in total. The quantitative estimate of drug-likeness (QED) is 0.607. The molecule has 0 unspecified atom stereocenters. The topological polar surface area (TPSA) is 97.0 Å². The maximum atomic E-state index is 11.9. The molecule has 2 rings (SSSR count). The van der Waals surface area contributed by atoms with Gasteiger partial charge in [-0.25, -0.2) is 0 Å². The van der Waals surface area contributed by atoms with E-state index in [1.165, 1.54) is 12.0 Å². The number of nitrogens with zero attached hydrogens (tertiary/aromatic N) is 1. The number of hydrogen-bond donors (Lipinski definition) is 2. The van der Waals surface area contributed by atoms with Gasteiger partial charge in [0.2, 0.25) is 0 Å². The zero-order valence-corrected chi connectivity index (χ0v) is 13.5. The Morgan fingerprint density at radius 1 is 1.08 bits per heavy atom. The Balaban J connectivity index is 1.72. The van der Waals surface area contributed by atoms with E-state index in [4.69, 9.17) is 9.47 Å². The standard InChI is InChI=1S/C16H21N3O5/c1-23-12-6-5-7-13(10-12)24-11-14(20)17-18-15(21)16(22)19-8-3-2-4-9-19/h5-7,10H,2-4,8-9,11H2,1H3,(H,17,20)(H,18,21). The van der Waals surface area contributed by atoms with E-state index in [2.05, 4.69) is 10.9 Å². The first-order chi connectivity index (χ1) is 11.6. The van der Waals surface area contributed by atoms with Gasteiger partial charge in [-0.1, -0.05) is 6.07 Å². The third-order valence-corrected chi connectivity index (χ3v) is 3.56. The molecule has 1 aromatic rings. The number of piperidine rings is 1. The van der Waals surface area contributed by atoms with Crippen molar-refractivity contribution in [3.8, 4) is 11.5 Å². The summed E-state index contributed by atoms with van der Waals surface area (Å²) in [6, 6.07) is 6.78. The Labute approximate surface area is 140 Å². The van der Waals surface area contributed by atoms with Crippen molar-refractivity contribution in [1.29, 1.82) is 0 Å². The number of carbonyl (C=O) groups is 3. The largest absolute Gasteiger partial charge is 0.497 e. The average molecular weight is 335 g/mol. The lowest BCUT2D eigenvalue weighted by Gasteiger charge is -2.25. The molecule has 1 aliphatic heterocycles. The van der Waals surface area contributed by atoms with Crippen LogP contribution < -0.4 is 20.3 Å². The first-order valence-corrected chi connectivity index (χ1v) is 7.75. The van der Waals surface area contributed by atoms with E-state index >= 15 is 0 Å². The molecule has 1 heterocycles. The molecule has 1 fully saturated rings. The fraction of sp³-hybridized carbons (Fsp3) is 0.438. The van der Waals surface area contributed by atoms with Crippen molar-refractivity contribution in [2.24, 2.45) is 0 Å². The molecule has 0 aliphatic carbocycles. The van der Waals surface area contributed by atoms with Crippen LogP contribution >= 0.6 is 0 Å². The maximum absolute atomic E-state index is 11.9. The Hall–Kier alpha value is -2.77. The van der Waals surface area contributed by atoms with Crippen molar-refractivity contribution in [2.75, 3.05) is 26.8 Å². The van der Waals surface area contributed by atoms with Crippen LogP contribution in [0.5, 0.6) is 11.5 Å². The minimum absolute atomic E-state index is 0.300. The highest BCUT2D eigenvalue weighted by atomic mass is 16.5. The summed E-state index contributed by atoms with van der Waals surface area (Å²) in [5.41, 5.74) is 4.26.